The minimum Gasteiger partial charge on any atom is -0.386 e. The van der Waals surface area contributed by atoms with E-state index in [4.69, 9.17) is 0 Å². The van der Waals surface area contributed by atoms with Gasteiger partial charge in [-0.15, -0.1) is 11.3 Å². The molecule has 1 aliphatic rings. The number of aliphatic hydroxyl groups is 1. The van der Waals surface area contributed by atoms with E-state index in [1.165, 1.54) is 0 Å². The molecule has 1 fully saturated rings. The monoisotopic (exact) mass is 338 g/mol. The van der Waals surface area contributed by atoms with Gasteiger partial charge in [0.05, 0.1) is 0 Å². The predicted molar refractivity (Wildman–Crippen MR) is 79.7 cm³/mol. The molecule has 1 aromatic rings. The van der Waals surface area contributed by atoms with E-state index in [1.54, 1.807) is 11.3 Å². The lowest BCUT2D eigenvalue weighted by molar-refractivity contribution is 0.183. The number of aliphatic hydroxyl groups excluding tert-OH is 1. The zero-order valence-electron chi connectivity index (χ0n) is 9.22. The van der Waals surface area contributed by atoms with E-state index in [0.717, 1.165) is 15.1 Å². The van der Waals surface area contributed by atoms with E-state index in [9.17, 15) is 5.11 Å². The summed E-state index contributed by atoms with van der Waals surface area (Å²) in [5.74, 6) is 1.04. The van der Waals surface area contributed by atoms with Crippen LogP contribution < -0.4 is 0 Å². The van der Waals surface area contributed by atoms with Crippen molar-refractivity contribution in [2.45, 2.75) is 35.7 Å². The van der Waals surface area contributed by atoms with Crippen LogP contribution in [0.3, 0.4) is 0 Å². The van der Waals surface area contributed by atoms with Crippen LogP contribution in [0.4, 0.5) is 0 Å². The molecule has 1 saturated heterocycles. The van der Waals surface area contributed by atoms with E-state index < -0.39 is 0 Å². The lowest BCUT2D eigenvalue weighted by atomic mass is 10.2. The van der Waals surface area contributed by atoms with E-state index in [-0.39, 0.29) is 6.10 Å². The van der Waals surface area contributed by atoms with Gasteiger partial charge in [0.25, 0.3) is 0 Å². The molecule has 1 aliphatic heterocycles. The predicted octanol–water partition coefficient (Wildman–Crippen LogP) is 4.17. The molecule has 2 heterocycles. The molecule has 4 unspecified atom stereocenters. The molecule has 1 nitrogen and oxygen atoms in total. The number of thioether (sulfide) groups is 2. The summed E-state index contributed by atoms with van der Waals surface area (Å²) in [7, 11) is 0. The first-order valence-corrected chi connectivity index (χ1v) is 8.94. The highest BCUT2D eigenvalue weighted by Gasteiger charge is 2.32. The van der Waals surface area contributed by atoms with Crippen LogP contribution >= 0.6 is 50.8 Å². The summed E-state index contributed by atoms with van der Waals surface area (Å²) < 4.78 is 1.04. The van der Waals surface area contributed by atoms with E-state index >= 15 is 0 Å². The van der Waals surface area contributed by atoms with Crippen molar-refractivity contribution in [3.8, 4) is 0 Å². The van der Waals surface area contributed by atoms with Gasteiger partial charge in [0, 0.05) is 30.9 Å². The molecule has 0 radical (unpaired) electrons. The van der Waals surface area contributed by atoms with Crippen LogP contribution in [0.1, 0.15) is 24.8 Å². The summed E-state index contributed by atoms with van der Waals surface area (Å²) in [6.07, 6.45) is -0.332. The Hall–Kier alpha value is 0.840. The van der Waals surface area contributed by atoms with Crippen molar-refractivity contribution >= 4 is 50.8 Å². The Morgan fingerprint density at radius 1 is 1.44 bits per heavy atom. The second kappa shape index (κ2) is 5.65. The average Bonchev–Trinajstić information content (AvgIpc) is 2.67. The summed E-state index contributed by atoms with van der Waals surface area (Å²) in [6, 6.07) is 2.01. The molecule has 0 amide bonds. The maximum absolute atomic E-state index is 10.4. The summed E-state index contributed by atoms with van der Waals surface area (Å²) in [4.78, 5) is 1.07. The van der Waals surface area contributed by atoms with Crippen molar-refractivity contribution in [2.24, 2.45) is 0 Å². The zero-order valence-corrected chi connectivity index (χ0v) is 13.3. The Bertz CT molecular complexity index is 355. The van der Waals surface area contributed by atoms with Crippen molar-refractivity contribution in [1.82, 2.24) is 0 Å². The first-order chi connectivity index (χ1) is 7.59. The second-order valence-corrected chi connectivity index (χ2v) is 8.83. The molecule has 16 heavy (non-hydrogen) atoms. The van der Waals surface area contributed by atoms with Crippen LogP contribution in [0.25, 0.3) is 0 Å². The van der Waals surface area contributed by atoms with Gasteiger partial charge < -0.3 is 5.11 Å². The van der Waals surface area contributed by atoms with Gasteiger partial charge in [0.15, 0.2) is 0 Å². The Labute approximate surface area is 118 Å². The van der Waals surface area contributed by atoms with Crippen LogP contribution in [0.5, 0.6) is 0 Å². The third-order valence-corrected chi connectivity index (χ3v) is 8.26. The Kier molecular flexibility index (Phi) is 4.69. The standard InChI is InChI=1S/C11H15BrOS3/c1-6-7(2)16-9(5-15-6)10(13)11-8(12)3-4-14-11/h3-4,6-7,9-10,13H,5H2,1-2H3. The van der Waals surface area contributed by atoms with Gasteiger partial charge in [-0.05, 0) is 27.4 Å². The Morgan fingerprint density at radius 2 is 2.19 bits per heavy atom. The largest absolute Gasteiger partial charge is 0.386 e. The summed E-state index contributed by atoms with van der Waals surface area (Å²) in [6.45, 7) is 4.52. The highest BCUT2D eigenvalue weighted by Crippen LogP contribution is 2.43. The SMILES string of the molecule is CC1SCC(C(O)c2sccc2Br)SC1C. The highest BCUT2D eigenvalue weighted by atomic mass is 79.9. The number of halogens is 1. The Morgan fingerprint density at radius 3 is 2.75 bits per heavy atom. The molecule has 0 aromatic carbocycles. The number of hydrogen-bond donors (Lipinski definition) is 1. The minimum atomic E-state index is -0.332. The van der Waals surface area contributed by atoms with Gasteiger partial charge >= 0.3 is 0 Å². The molecule has 0 aliphatic carbocycles. The van der Waals surface area contributed by atoms with Crippen LogP contribution in [-0.2, 0) is 0 Å². The first-order valence-electron chi connectivity index (χ1n) is 5.27. The average molecular weight is 339 g/mol. The van der Waals surface area contributed by atoms with Crippen LogP contribution in [0.2, 0.25) is 0 Å². The molecular formula is C11H15BrOS3. The van der Waals surface area contributed by atoms with Crippen molar-refractivity contribution in [3.63, 3.8) is 0 Å². The van der Waals surface area contributed by atoms with Crippen molar-refractivity contribution in [2.75, 3.05) is 5.75 Å². The van der Waals surface area contributed by atoms with E-state index in [0.29, 0.717) is 15.7 Å². The van der Waals surface area contributed by atoms with Gasteiger partial charge in [-0.1, -0.05) is 13.8 Å². The molecule has 90 valence electrons. The quantitative estimate of drug-likeness (QED) is 0.873. The van der Waals surface area contributed by atoms with Gasteiger partial charge in [-0.25, -0.2) is 0 Å². The van der Waals surface area contributed by atoms with Crippen LogP contribution in [0.15, 0.2) is 15.9 Å². The van der Waals surface area contributed by atoms with Crippen molar-refractivity contribution in [3.05, 3.63) is 20.8 Å². The zero-order chi connectivity index (χ0) is 11.7. The molecule has 2 rings (SSSR count). The second-order valence-electron chi connectivity index (χ2n) is 4.00. The third kappa shape index (κ3) is 2.80. The molecule has 0 bridgehead atoms. The summed E-state index contributed by atoms with van der Waals surface area (Å²) in [5, 5.41) is 14.0. The van der Waals surface area contributed by atoms with Crippen LogP contribution in [-0.4, -0.2) is 26.6 Å². The van der Waals surface area contributed by atoms with E-state index in [1.807, 2.05) is 35.0 Å². The van der Waals surface area contributed by atoms with Gasteiger partial charge in [-0.3, -0.25) is 0 Å². The lowest BCUT2D eigenvalue weighted by Crippen LogP contribution is -2.30. The maximum Gasteiger partial charge on any atom is 0.102 e. The smallest absolute Gasteiger partial charge is 0.102 e. The fourth-order valence-electron chi connectivity index (χ4n) is 1.66. The minimum absolute atomic E-state index is 0.325. The lowest BCUT2D eigenvalue weighted by Gasteiger charge is -2.33. The molecule has 0 spiro atoms. The fraction of sp³-hybridized carbons (Fsp3) is 0.636. The van der Waals surface area contributed by atoms with Gasteiger partial charge in [-0.2, -0.15) is 23.5 Å². The van der Waals surface area contributed by atoms with Crippen molar-refractivity contribution in [1.29, 1.82) is 0 Å². The maximum atomic E-state index is 10.4. The molecule has 4 atom stereocenters. The number of thiophene rings is 1. The first kappa shape index (κ1) is 13.3. The molecule has 1 aromatic heterocycles. The molecule has 0 saturated carbocycles. The summed E-state index contributed by atoms with van der Waals surface area (Å²) >= 11 is 9.03. The molecule has 5 heteroatoms. The van der Waals surface area contributed by atoms with E-state index in [2.05, 4.69) is 29.8 Å². The molecular weight excluding hydrogens is 324 g/mol. The summed E-state index contributed by atoms with van der Waals surface area (Å²) in [5.41, 5.74) is 0. The highest BCUT2D eigenvalue weighted by molar-refractivity contribution is 9.10. The van der Waals surface area contributed by atoms with Crippen molar-refractivity contribution < 1.29 is 5.11 Å². The van der Waals surface area contributed by atoms with Gasteiger partial charge in [0.2, 0.25) is 0 Å². The topological polar surface area (TPSA) is 20.2 Å². The van der Waals surface area contributed by atoms with Crippen LogP contribution in [0, 0.1) is 0 Å². The number of hydrogen-bond acceptors (Lipinski definition) is 4. The number of rotatable bonds is 2. The normalized spacial score (nSPS) is 32.6. The fourth-order valence-corrected chi connectivity index (χ4v) is 6.38. The Balaban J connectivity index is 2.06. The third-order valence-electron chi connectivity index (χ3n) is 2.84. The molecule has 1 N–H and O–H groups in total. The van der Waals surface area contributed by atoms with Gasteiger partial charge in [0.1, 0.15) is 6.10 Å².